The summed E-state index contributed by atoms with van der Waals surface area (Å²) in [4.78, 5) is 4.23. The summed E-state index contributed by atoms with van der Waals surface area (Å²) in [6.07, 6.45) is 0. The Labute approximate surface area is 100 Å². The van der Waals surface area contributed by atoms with Gasteiger partial charge >= 0.3 is 0 Å². The van der Waals surface area contributed by atoms with Crippen molar-refractivity contribution < 1.29 is 4.39 Å². The van der Waals surface area contributed by atoms with E-state index in [2.05, 4.69) is 20.9 Å². The van der Waals surface area contributed by atoms with Gasteiger partial charge in [0.05, 0.1) is 0 Å². The van der Waals surface area contributed by atoms with Crippen molar-refractivity contribution in [3.05, 3.63) is 34.3 Å². The maximum Gasteiger partial charge on any atom is 0.150 e. The van der Waals surface area contributed by atoms with E-state index >= 15 is 0 Å². The lowest BCUT2D eigenvalue weighted by Crippen LogP contribution is -2.13. The number of hydrogen-bond donors (Lipinski definition) is 2. The Morgan fingerprint density at radius 1 is 1.44 bits per heavy atom. The summed E-state index contributed by atoms with van der Waals surface area (Å²) < 4.78 is 14.8. The molecule has 0 fully saturated rings. The molecule has 84 valence electrons. The van der Waals surface area contributed by atoms with Crippen LogP contribution in [0.15, 0.2) is 22.7 Å². The number of aryl methyl sites for hydroxylation is 1. The summed E-state index contributed by atoms with van der Waals surface area (Å²) in [5.74, 6) is 6.29. The van der Waals surface area contributed by atoms with E-state index in [4.69, 9.17) is 11.6 Å². The maximum absolute atomic E-state index is 12.9. The molecule has 0 aliphatic heterocycles. The lowest BCUT2D eigenvalue weighted by Gasteiger charge is -2.03. The summed E-state index contributed by atoms with van der Waals surface area (Å²) >= 11 is 3.27. The van der Waals surface area contributed by atoms with Crippen LogP contribution in [0.2, 0.25) is 0 Å². The Morgan fingerprint density at radius 2 is 2.12 bits per heavy atom. The van der Waals surface area contributed by atoms with Crippen molar-refractivity contribution in [2.45, 2.75) is 6.92 Å². The smallest absolute Gasteiger partial charge is 0.150 e. The van der Waals surface area contributed by atoms with Gasteiger partial charge in [-0.3, -0.25) is 0 Å². The van der Waals surface area contributed by atoms with E-state index in [9.17, 15) is 4.39 Å². The highest BCUT2D eigenvalue weighted by molar-refractivity contribution is 9.10. The number of anilines is 1. The standard InChI is InChI=1S/C10H10BrFN4/c1-5-15-9(10(13)16(5)14)7-3-2-6(12)4-8(7)11/h2-4H,13-14H2,1H3. The van der Waals surface area contributed by atoms with Gasteiger partial charge in [-0.2, -0.15) is 0 Å². The number of nitrogens with zero attached hydrogens (tertiary/aromatic N) is 2. The molecule has 4 N–H and O–H groups in total. The lowest BCUT2D eigenvalue weighted by atomic mass is 10.1. The van der Waals surface area contributed by atoms with Crippen LogP contribution in [-0.4, -0.2) is 9.66 Å². The van der Waals surface area contributed by atoms with Crippen LogP contribution in [0.1, 0.15) is 5.82 Å². The Balaban J connectivity index is 2.63. The van der Waals surface area contributed by atoms with Crippen molar-refractivity contribution in [2.75, 3.05) is 11.6 Å². The van der Waals surface area contributed by atoms with E-state index in [0.29, 0.717) is 27.4 Å². The molecule has 1 aromatic heterocycles. The van der Waals surface area contributed by atoms with E-state index in [1.54, 1.807) is 13.0 Å². The van der Waals surface area contributed by atoms with Crippen LogP contribution < -0.4 is 11.6 Å². The van der Waals surface area contributed by atoms with Crippen molar-refractivity contribution in [1.29, 1.82) is 0 Å². The van der Waals surface area contributed by atoms with Gasteiger partial charge in [0.15, 0.2) is 5.82 Å². The minimum Gasteiger partial charge on any atom is -0.382 e. The predicted octanol–water partition coefficient (Wildman–Crippen LogP) is 2.06. The summed E-state index contributed by atoms with van der Waals surface area (Å²) in [6, 6.07) is 4.32. The molecule has 4 nitrogen and oxygen atoms in total. The number of halogens is 2. The third-order valence-electron chi connectivity index (χ3n) is 2.31. The number of nitrogen functional groups attached to an aromatic ring is 2. The normalized spacial score (nSPS) is 10.7. The maximum atomic E-state index is 12.9. The number of hydrogen-bond acceptors (Lipinski definition) is 3. The molecule has 0 spiro atoms. The fourth-order valence-electron chi connectivity index (χ4n) is 1.44. The van der Waals surface area contributed by atoms with Crippen LogP contribution in [0.4, 0.5) is 10.2 Å². The van der Waals surface area contributed by atoms with Crippen LogP contribution in [0, 0.1) is 12.7 Å². The van der Waals surface area contributed by atoms with Crippen LogP contribution in [-0.2, 0) is 0 Å². The van der Waals surface area contributed by atoms with Crippen LogP contribution in [0.3, 0.4) is 0 Å². The first kappa shape index (κ1) is 10.9. The molecule has 0 aliphatic rings. The first-order chi connectivity index (χ1) is 7.50. The predicted molar refractivity (Wildman–Crippen MR) is 64.6 cm³/mol. The second-order valence-electron chi connectivity index (χ2n) is 3.39. The fraction of sp³-hybridized carbons (Fsp3) is 0.100. The van der Waals surface area contributed by atoms with Crippen LogP contribution in [0.25, 0.3) is 11.3 Å². The monoisotopic (exact) mass is 284 g/mol. The van der Waals surface area contributed by atoms with Gasteiger partial charge in [0.25, 0.3) is 0 Å². The molecule has 0 aliphatic carbocycles. The number of aromatic nitrogens is 2. The summed E-state index contributed by atoms with van der Waals surface area (Å²) in [6.45, 7) is 1.75. The van der Waals surface area contributed by atoms with Gasteiger partial charge in [-0.15, -0.1) is 0 Å². The highest BCUT2D eigenvalue weighted by Gasteiger charge is 2.14. The second kappa shape index (κ2) is 3.79. The van der Waals surface area contributed by atoms with Gasteiger partial charge in [0.2, 0.25) is 0 Å². The summed E-state index contributed by atoms with van der Waals surface area (Å²) in [5.41, 5.74) is 7.07. The van der Waals surface area contributed by atoms with Gasteiger partial charge in [0, 0.05) is 10.0 Å². The number of benzene rings is 1. The summed E-state index contributed by atoms with van der Waals surface area (Å²) in [7, 11) is 0. The molecule has 1 heterocycles. The average molecular weight is 285 g/mol. The van der Waals surface area contributed by atoms with Crippen molar-refractivity contribution in [1.82, 2.24) is 9.66 Å². The molecular formula is C10H10BrFN4. The fourth-order valence-corrected chi connectivity index (χ4v) is 1.98. The zero-order valence-electron chi connectivity index (χ0n) is 8.54. The molecule has 0 radical (unpaired) electrons. The van der Waals surface area contributed by atoms with Crippen LogP contribution in [0.5, 0.6) is 0 Å². The van der Waals surface area contributed by atoms with Gasteiger partial charge in [-0.25, -0.2) is 14.1 Å². The van der Waals surface area contributed by atoms with Crippen molar-refractivity contribution in [2.24, 2.45) is 0 Å². The molecule has 2 aromatic rings. The third-order valence-corrected chi connectivity index (χ3v) is 2.97. The van der Waals surface area contributed by atoms with Gasteiger partial charge in [-0.1, -0.05) is 0 Å². The van der Waals surface area contributed by atoms with E-state index < -0.39 is 0 Å². The van der Waals surface area contributed by atoms with Crippen molar-refractivity contribution >= 4 is 21.7 Å². The Bertz CT molecular complexity index is 550. The van der Waals surface area contributed by atoms with E-state index in [-0.39, 0.29) is 5.82 Å². The van der Waals surface area contributed by atoms with E-state index in [1.807, 2.05) is 0 Å². The van der Waals surface area contributed by atoms with Crippen LogP contribution >= 0.6 is 15.9 Å². The first-order valence-corrected chi connectivity index (χ1v) is 5.35. The zero-order chi connectivity index (χ0) is 11.9. The molecule has 1 aromatic carbocycles. The Hall–Kier alpha value is -1.56. The molecule has 0 bridgehead atoms. The molecule has 0 unspecified atom stereocenters. The Morgan fingerprint density at radius 3 is 2.62 bits per heavy atom. The first-order valence-electron chi connectivity index (χ1n) is 4.56. The minimum absolute atomic E-state index is 0.321. The highest BCUT2D eigenvalue weighted by atomic mass is 79.9. The number of rotatable bonds is 1. The van der Waals surface area contributed by atoms with E-state index in [1.165, 1.54) is 16.8 Å². The molecule has 0 amide bonds. The Kier molecular flexibility index (Phi) is 2.59. The second-order valence-corrected chi connectivity index (χ2v) is 4.24. The number of nitrogens with two attached hydrogens (primary N) is 2. The number of imidazole rings is 1. The molecule has 2 rings (SSSR count). The largest absolute Gasteiger partial charge is 0.382 e. The highest BCUT2D eigenvalue weighted by Crippen LogP contribution is 2.31. The van der Waals surface area contributed by atoms with Gasteiger partial charge in [0.1, 0.15) is 17.3 Å². The molecule has 0 atom stereocenters. The lowest BCUT2D eigenvalue weighted by molar-refractivity contribution is 0.627. The summed E-state index contributed by atoms with van der Waals surface area (Å²) in [5, 5.41) is 0. The average Bonchev–Trinajstić information content (AvgIpc) is 2.46. The quantitative estimate of drug-likeness (QED) is 0.788. The molecule has 0 saturated heterocycles. The minimum atomic E-state index is -0.321. The molecular weight excluding hydrogens is 275 g/mol. The van der Waals surface area contributed by atoms with E-state index in [0.717, 1.165) is 0 Å². The van der Waals surface area contributed by atoms with Crippen molar-refractivity contribution in [3.8, 4) is 11.3 Å². The molecule has 0 saturated carbocycles. The topological polar surface area (TPSA) is 69.9 Å². The van der Waals surface area contributed by atoms with Gasteiger partial charge in [-0.05, 0) is 41.1 Å². The SMILES string of the molecule is Cc1nc(-c2ccc(F)cc2Br)c(N)n1N. The van der Waals surface area contributed by atoms with Crippen molar-refractivity contribution in [3.63, 3.8) is 0 Å². The van der Waals surface area contributed by atoms with Gasteiger partial charge < -0.3 is 11.6 Å². The molecule has 16 heavy (non-hydrogen) atoms. The third kappa shape index (κ3) is 1.65. The zero-order valence-corrected chi connectivity index (χ0v) is 10.1. The molecule has 6 heteroatoms.